The molecule has 0 saturated heterocycles. The third kappa shape index (κ3) is 25.9. The van der Waals surface area contributed by atoms with Crippen molar-refractivity contribution >= 4 is 198 Å². The second-order valence-corrected chi connectivity index (χ2v) is 36.3. The zero-order valence-corrected chi connectivity index (χ0v) is 76.5. The van der Waals surface area contributed by atoms with Crippen molar-refractivity contribution in [3.63, 3.8) is 0 Å². The summed E-state index contributed by atoms with van der Waals surface area (Å²) in [6.07, 6.45) is 12.4. The van der Waals surface area contributed by atoms with Crippen LogP contribution in [0.3, 0.4) is 0 Å². The first-order chi connectivity index (χ1) is 51.6. The van der Waals surface area contributed by atoms with Gasteiger partial charge in [0.25, 0.3) is 0 Å². The van der Waals surface area contributed by atoms with E-state index in [1.807, 2.05) is 204 Å². The van der Waals surface area contributed by atoms with Gasteiger partial charge in [-0.05, 0) is 166 Å². The lowest BCUT2D eigenvalue weighted by atomic mass is 9.99. The number of quaternary nitrogens is 1. The van der Waals surface area contributed by atoms with Crippen LogP contribution in [0.4, 0.5) is 0 Å². The number of rotatable bonds is 17. The van der Waals surface area contributed by atoms with Crippen LogP contribution in [0.1, 0.15) is 54.2 Å². The van der Waals surface area contributed by atoms with Crippen molar-refractivity contribution in [1.29, 1.82) is 0 Å². The number of nitrogens with zero attached hydrogens (tertiary/aromatic N) is 7. The second kappa shape index (κ2) is 43.5. The van der Waals surface area contributed by atoms with Crippen LogP contribution in [-0.4, -0.2) is 126 Å². The van der Waals surface area contributed by atoms with Gasteiger partial charge in [0.1, 0.15) is 12.2 Å². The minimum absolute atomic E-state index is 0. The van der Waals surface area contributed by atoms with Crippen LogP contribution in [0.25, 0.3) is 76.2 Å². The van der Waals surface area contributed by atoms with Crippen LogP contribution in [-0.2, 0) is 88.4 Å². The van der Waals surface area contributed by atoms with Gasteiger partial charge in [0.15, 0.2) is 5.78 Å². The van der Waals surface area contributed by atoms with Gasteiger partial charge in [-0.2, -0.15) is 0 Å². The standard InChI is InChI=1S/C22H19ClNO4P.C13H18ClN2.C12H15ClN2.C12H15ClNOP.C9H8ClN.C8H6ClN.C6H15O3P.CH3I.HI/c1-24-13-17(21-18(23)7-4-8-19(21)24)22(29(26,27)28)20(25)12-14-9-10-15-5-2-3-6-16(15)11-14;1-15-8-10(9-16(2,3)4)13-11(14)6-5-7-12(13)15;1-14(2)7-9-8-15(3)11-6-4-5-10(13)12(9)11;1-14-7-9(8-16(2,3)15)12-10(13)5-4-6-11(12)14;1-11-6-5-7-8(10)3-2-4-9(7)11;9-7-2-1-3-8-6(7)4-5-10-8;1-4-7-10(8-5-2)9-6-3;1-2;/h2-11,13,22H,12H2,1H3,(H2,26,27,28);5-8H,9H2,1-4H3;4-6,8H,7H2,1-3H3;4-7H,8H2,1-3H3;2-6H,1H3;1-5,10H;4-6H2,1-3H3;1H3;1H/q;+1;;;;;;;/p-1. The Hall–Kier alpha value is -5.26. The normalized spacial score (nSPS) is 11.7. The number of H-pyrrole nitrogens is 1. The van der Waals surface area contributed by atoms with Crippen molar-refractivity contribution in [2.45, 2.75) is 52.1 Å². The zero-order chi connectivity index (χ0) is 80.2. The maximum Gasteiger partial charge on any atom is 0.340 e. The number of hydrogen-bond acceptors (Lipinski definition) is 7. The van der Waals surface area contributed by atoms with Gasteiger partial charge in [-0.1, -0.05) is 171 Å². The van der Waals surface area contributed by atoms with E-state index < -0.39 is 34.8 Å². The first kappa shape index (κ1) is 93.6. The molecule has 14 rings (SSSR count). The predicted molar refractivity (Wildman–Crippen MR) is 474 cm³/mol. The molecule has 0 radical (unpaired) electrons. The van der Waals surface area contributed by atoms with E-state index in [9.17, 15) is 23.7 Å². The van der Waals surface area contributed by atoms with Crippen molar-refractivity contribution in [3.8, 4) is 0 Å². The highest BCUT2D eigenvalue weighted by molar-refractivity contribution is 14.1. The minimum Gasteiger partial charge on any atom is -1.00 e. The average Bonchev–Trinajstić information content (AvgIpc) is 1.60. The lowest BCUT2D eigenvalue weighted by molar-refractivity contribution is -0.883. The lowest BCUT2D eigenvalue weighted by Gasteiger charge is -2.23. The Balaban J connectivity index is 0.000000206. The summed E-state index contributed by atoms with van der Waals surface area (Å²) >= 11 is 39.0. The summed E-state index contributed by atoms with van der Waals surface area (Å²) in [5.41, 5.74) is 9.54. The molecule has 1 atom stereocenters. The number of aromatic amines is 1. The summed E-state index contributed by atoms with van der Waals surface area (Å²) in [4.78, 5) is 40.4. The second-order valence-electron chi connectivity index (χ2n) is 27.5. The average molecular weight is 1900 g/mol. The van der Waals surface area contributed by atoms with Crippen LogP contribution in [0.15, 0.2) is 201 Å². The van der Waals surface area contributed by atoms with Gasteiger partial charge in [-0.15, -0.1) is 0 Å². The van der Waals surface area contributed by atoms with Crippen LogP contribution in [0.2, 0.25) is 30.1 Å². The maximum atomic E-state index is 13.1. The molecule has 0 saturated carbocycles. The highest BCUT2D eigenvalue weighted by atomic mass is 127. The van der Waals surface area contributed by atoms with E-state index in [0.29, 0.717) is 47.5 Å². The molecule has 16 nitrogen and oxygen atoms in total. The Morgan fingerprint density at radius 3 is 1.43 bits per heavy atom. The largest absolute Gasteiger partial charge is 1.00 e. The Morgan fingerprint density at radius 1 is 0.527 bits per heavy atom. The molecule has 6 aromatic heterocycles. The number of benzene rings is 8. The number of carbonyl (C=O) groups excluding carboxylic acids is 1. The number of carbonyl (C=O) groups is 1. The topological polar surface area (TPSA) is 163 Å². The van der Waals surface area contributed by atoms with Crippen LogP contribution < -0.4 is 24.0 Å². The minimum atomic E-state index is -4.77. The molecule has 0 aliphatic carbocycles. The van der Waals surface area contributed by atoms with Gasteiger partial charge in [0, 0.05) is 178 Å². The van der Waals surface area contributed by atoms with E-state index >= 15 is 0 Å². The number of alkyl halides is 1. The van der Waals surface area contributed by atoms with E-state index in [1.54, 1.807) is 36.0 Å². The molecule has 0 bridgehead atoms. The van der Waals surface area contributed by atoms with Gasteiger partial charge in [0.05, 0.1) is 68.2 Å². The molecule has 0 aliphatic rings. The first-order valence-electron chi connectivity index (χ1n) is 35.1. The third-order valence-corrected chi connectivity index (χ3v) is 22.7. The Bertz CT molecular complexity index is 5430. The first-order valence-corrected chi connectivity index (χ1v) is 45.0. The summed E-state index contributed by atoms with van der Waals surface area (Å²) in [6.45, 7) is 13.2. The molecule has 3 N–H and O–H groups in total. The fraction of sp³-hybridized carbons (Fsp3) is 0.289. The van der Waals surface area contributed by atoms with Gasteiger partial charge in [-0.3, -0.25) is 9.36 Å². The quantitative estimate of drug-likeness (QED) is 0.0348. The predicted octanol–water partition coefficient (Wildman–Crippen LogP) is 20.9. The van der Waals surface area contributed by atoms with E-state index in [0.717, 1.165) is 86.2 Å². The third-order valence-electron chi connectivity index (χ3n) is 17.1. The number of ketones is 1. The molecule has 14 aromatic rings. The summed E-state index contributed by atoms with van der Waals surface area (Å²) in [6, 6.07) is 52.2. The molecule has 0 spiro atoms. The van der Waals surface area contributed by atoms with Crippen LogP contribution >= 0.6 is 116 Å². The lowest BCUT2D eigenvalue weighted by Crippen LogP contribution is -3.00. The molecule has 1 unspecified atom stereocenters. The SMILES string of the molecule is CCOP(OCC)OCC.CI.CN(C)Cc1cn(C)c2cccc(Cl)c12.Clc1cccc2[nH]ccc12.Cn1cc(C(C(=O)Cc2ccc3ccccc3c2)P(=O)(O)O)c2c(Cl)cccc21.Cn1cc(CP(C)(C)=O)c2c(Cl)cccc21.Cn1cc(C[N+](C)(C)C)c2c(Cl)cccc21.Cn1ccc2c(Cl)cccc21.[I-]. The number of Topliss-reactive ketones (excluding diaryl/α,β-unsaturated/α-hetero) is 1. The van der Waals surface area contributed by atoms with Gasteiger partial charge in [0.2, 0.25) is 0 Å². The van der Waals surface area contributed by atoms with Gasteiger partial charge >= 0.3 is 16.2 Å². The van der Waals surface area contributed by atoms with Crippen molar-refractivity contribution in [2.24, 2.45) is 35.2 Å². The molecular weight excluding hydrogens is 1800 g/mol. The molecular formula is C83H99Cl6I2N8O8P3. The number of hydrogen-bond donors (Lipinski definition) is 3. The summed E-state index contributed by atoms with van der Waals surface area (Å²) < 4.78 is 50.7. The Labute approximate surface area is 709 Å². The Morgan fingerprint density at radius 2 is 0.955 bits per heavy atom. The number of halogens is 8. The smallest absolute Gasteiger partial charge is 0.340 e. The van der Waals surface area contributed by atoms with Crippen LogP contribution in [0.5, 0.6) is 0 Å². The molecule has 0 fully saturated rings. The summed E-state index contributed by atoms with van der Waals surface area (Å²) in [5.74, 6) is -0.541. The molecule has 590 valence electrons. The molecule has 8 aromatic carbocycles. The Kier molecular flexibility index (Phi) is 37.0. The van der Waals surface area contributed by atoms with Gasteiger partial charge in [-0.25, -0.2) is 0 Å². The van der Waals surface area contributed by atoms with Crippen molar-refractivity contribution in [3.05, 3.63) is 259 Å². The number of nitrogens with one attached hydrogen (secondary N) is 1. The van der Waals surface area contributed by atoms with E-state index in [4.69, 9.17) is 83.2 Å². The number of fused-ring (bicyclic) bond motifs is 7. The summed E-state index contributed by atoms with van der Waals surface area (Å²) in [5, 5.41) is 12.5. The number of aromatic nitrogens is 6. The zero-order valence-electron chi connectivity index (χ0n) is 64.9. The van der Waals surface area contributed by atoms with Gasteiger partial charge < -0.3 is 89.1 Å². The monoisotopic (exact) mass is 1890 g/mol. The number of aryl methyl sites for hydroxylation is 5. The highest BCUT2D eigenvalue weighted by Gasteiger charge is 2.39. The van der Waals surface area contributed by atoms with Crippen molar-refractivity contribution < 1.29 is 65.7 Å². The molecule has 27 heteroatoms. The van der Waals surface area contributed by atoms with E-state index in [-0.39, 0.29) is 36.0 Å². The van der Waals surface area contributed by atoms with Crippen molar-refractivity contribution in [1.82, 2.24) is 32.7 Å². The van der Waals surface area contributed by atoms with Crippen molar-refractivity contribution in [2.75, 3.05) is 73.3 Å². The molecule has 6 heterocycles. The fourth-order valence-electron chi connectivity index (χ4n) is 12.7. The molecule has 0 amide bonds. The summed E-state index contributed by atoms with van der Waals surface area (Å²) in [7, 11) is 12.7. The molecule has 110 heavy (non-hydrogen) atoms. The van der Waals surface area contributed by atoms with E-state index in [2.05, 4.69) is 126 Å². The molecule has 0 aliphatic heterocycles. The highest BCUT2D eigenvalue weighted by Crippen LogP contribution is 2.55. The fourth-order valence-corrected chi connectivity index (χ4v) is 17.2. The maximum absolute atomic E-state index is 13.1. The van der Waals surface area contributed by atoms with Crippen LogP contribution in [0, 0.1) is 0 Å². The van der Waals surface area contributed by atoms with E-state index in [1.165, 1.54) is 38.4 Å².